The van der Waals surface area contributed by atoms with E-state index in [-0.39, 0.29) is 4.90 Å². The van der Waals surface area contributed by atoms with Crippen LogP contribution in [0, 0.1) is 13.8 Å². The number of benzene rings is 4. The Bertz CT molecular complexity index is 1440. The van der Waals surface area contributed by atoms with Gasteiger partial charge >= 0.3 is 0 Å². The highest BCUT2D eigenvalue weighted by Gasteiger charge is 2.53. The van der Waals surface area contributed by atoms with Gasteiger partial charge in [0.2, 0.25) is 0 Å². The van der Waals surface area contributed by atoms with E-state index in [4.69, 9.17) is 0 Å². The summed E-state index contributed by atoms with van der Waals surface area (Å²) < 4.78 is 29.1. The zero-order chi connectivity index (χ0) is 24.6. The van der Waals surface area contributed by atoms with Crippen LogP contribution in [-0.4, -0.2) is 18.6 Å². The largest absolute Gasteiger partial charge is 0.330 e. The van der Waals surface area contributed by atoms with Crippen molar-refractivity contribution >= 4 is 21.6 Å². The van der Waals surface area contributed by atoms with Gasteiger partial charge in [0, 0.05) is 5.69 Å². The number of amides is 1. The van der Waals surface area contributed by atoms with Crippen molar-refractivity contribution in [1.82, 2.24) is 4.31 Å². The van der Waals surface area contributed by atoms with Crippen LogP contribution >= 0.6 is 0 Å². The van der Waals surface area contributed by atoms with Crippen molar-refractivity contribution in [1.29, 1.82) is 0 Å². The van der Waals surface area contributed by atoms with Crippen LogP contribution in [-0.2, 0) is 14.8 Å². The summed E-state index contributed by atoms with van der Waals surface area (Å²) in [6.07, 6.45) is -0.845. The Labute approximate surface area is 206 Å². The van der Waals surface area contributed by atoms with Gasteiger partial charge in [-0.3, -0.25) is 4.79 Å². The first-order chi connectivity index (χ1) is 16.9. The van der Waals surface area contributed by atoms with Gasteiger partial charge in [0.05, 0.1) is 4.90 Å². The molecule has 1 saturated heterocycles. The molecule has 0 spiro atoms. The average Bonchev–Trinajstić information content (AvgIpc) is 3.19. The molecule has 2 unspecified atom stereocenters. The zero-order valence-electron chi connectivity index (χ0n) is 19.6. The summed E-state index contributed by atoms with van der Waals surface area (Å²) in [6, 6.07) is 32.4. The van der Waals surface area contributed by atoms with Crippen LogP contribution in [0.25, 0.3) is 0 Å². The van der Waals surface area contributed by atoms with E-state index >= 15 is 0 Å². The van der Waals surface area contributed by atoms with E-state index in [1.54, 1.807) is 24.3 Å². The number of anilines is 1. The van der Waals surface area contributed by atoms with Gasteiger partial charge in [0.25, 0.3) is 15.9 Å². The minimum atomic E-state index is -4.15. The molecule has 1 aliphatic heterocycles. The van der Waals surface area contributed by atoms with Crippen molar-refractivity contribution in [2.45, 2.75) is 31.0 Å². The molecule has 1 heterocycles. The number of aryl methyl sites for hydroxylation is 2. The van der Waals surface area contributed by atoms with Crippen LogP contribution in [0.1, 0.15) is 34.5 Å². The maximum absolute atomic E-state index is 14.1. The van der Waals surface area contributed by atoms with Crippen LogP contribution in [0.5, 0.6) is 0 Å². The molecule has 0 aliphatic carbocycles. The summed E-state index contributed by atoms with van der Waals surface area (Å²) in [5.41, 5.74) is 4.22. The monoisotopic (exact) mass is 482 g/mol. The minimum Gasteiger partial charge on any atom is -0.330 e. The lowest BCUT2D eigenvalue weighted by Crippen LogP contribution is -2.37. The molecule has 4 aromatic rings. The highest BCUT2D eigenvalue weighted by Crippen LogP contribution is 2.47. The second kappa shape index (κ2) is 9.04. The average molecular weight is 483 g/mol. The van der Waals surface area contributed by atoms with Crippen LogP contribution in [0.3, 0.4) is 0 Å². The van der Waals surface area contributed by atoms with Gasteiger partial charge in [0.15, 0.2) is 0 Å². The molecular weight excluding hydrogens is 456 g/mol. The summed E-state index contributed by atoms with van der Waals surface area (Å²) in [5, 5.41) is 0. The normalized spacial score (nSPS) is 18.2. The minimum absolute atomic E-state index is 0.0929. The van der Waals surface area contributed by atoms with E-state index in [9.17, 15) is 13.2 Å². The van der Waals surface area contributed by atoms with Crippen molar-refractivity contribution < 1.29 is 13.2 Å². The summed E-state index contributed by atoms with van der Waals surface area (Å²) in [5.74, 6) is -0.480. The van der Waals surface area contributed by atoms with Gasteiger partial charge in [-0.25, -0.2) is 12.7 Å². The van der Waals surface area contributed by atoms with Gasteiger partial charge in [-0.05, 0) is 49.2 Å². The van der Waals surface area contributed by atoms with Crippen LogP contribution < -0.4 is 4.90 Å². The van der Waals surface area contributed by atoms with E-state index in [0.717, 1.165) is 32.2 Å². The summed E-state index contributed by atoms with van der Waals surface area (Å²) in [6.45, 7) is 3.88. The molecule has 1 aliphatic rings. The van der Waals surface area contributed by atoms with Gasteiger partial charge < -0.3 is 4.90 Å². The number of sulfonamides is 1. The second-order valence-corrected chi connectivity index (χ2v) is 10.6. The maximum atomic E-state index is 14.1. The molecule has 35 heavy (non-hydrogen) atoms. The fourth-order valence-electron chi connectivity index (χ4n) is 4.55. The highest BCUT2D eigenvalue weighted by molar-refractivity contribution is 7.89. The molecule has 0 bridgehead atoms. The second-order valence-electron chi connectivity index (χ2n) is 8.79. The molecule has 0 saturated carbocycles. The quantitative estimate of drug-likeness (QED) is 0.362. The van der Waals surface area contributed by atoms with E-state index in [1.165, 1.54) is 0 Å². The van der Waals surface area contributed by atoms with Gasteiger partial charge in [-0.1, -0.05) is 96.1 Å². The number of nitrogens with zero attached hydrogens (tertiary/aromatic N) is 2. The van der Waals surface area contributed by atoms with Gasteiger partial charge in [-0.15, -0.1) is 0 Å². The topological polar surface area (TPSA) is 57.7 Å². The van der Waals surface area contributed by atoms with Crippen LogP contribution in [0.15, 0.2) is 114 Å². The molecule has 4 aromatic carbocycles. The lowest BCUT2D eigenvalue weighted by Gasteiger charge is -2.33. The molecule has 1 amide bonds. The molecule has 0 aromatic heterocycles. The Morgan fingerprint density at radius 1 is 0.629 bits per heavy atom. The molecule has 0 N–H and O–H groups in total. The Hall–Kier alpha value is -3.90. The molecule has 6 heteroatoms. The highest BCUT2D eigenvalue weighted by atomic mass is 32.2. The number of rotatable bonds is 5. The lowest BCUT2D eigenvalue weighted by atomic mass is 10.0. The number of hydrogen-bond acceptors (Lipinski definition) is 4. The standard InChI is InChI=1S/C29H26N2O3S/c1-21-13-17-24(18-14-21)28-30(25-11-7-4-8-12-25)27(23-9-5-3-6-10-23)29(32)31(28)35(33,34)26-19-15-22(2)16-20-26/h3-20,27-28H,1-2H3. The Balaban J connectivity index is 1.76. The summed E-state index contributed by atoms with van der Waals surface area (Å²) in [7, 11) is -4.15. The number of carbonyl (C=O) groups excluding carboxylic acids is 1. The Morgan fingerprint density at radius 2 is 1.14 bits per heavy atom. The zero-order valence-corrected chi connectivity index (χ0v) is 20.4. The molecule has 5 rings (SSSR count). The molecule has 2 atom stereocenters. The fourth-order valence-corrected chi connectivity index (χ4v) is 6.08. The summed E-state index contributed by atoms with van der Waals surface area (Å²) in [4.78, 5) is 16.1. The lowest BCUT2D eigenvalue weighted by molar-refractivity contribution is -0.125. The third-order valence-corrected chi connectivity index (χ3v) is 8.10. The summed E-state index contributed by atoms with van der Waals surface area (Å²) >= 11 is 0. The van der Waals surface area contributed by atoms with Crippen molar-refractivity contribution in [2.24, 2.45) is 0 Å². The van der Waals surface area contributed by atoms with Gasteiger partial charge in [-0.2, -0.15) is 0 Å². The first-order valence-corrected chi connectivity index (χ1v) is 12.9. The van der Waals surface area contributed by atoms with E-state index < -0.39 is 28.1 Å². The van der Waals surface area contributed by atoms with Crippen LogP contribution in [0.2, 0.25) is 0 Å². The molecule has 176 valence electrons. The van der Waals surface area contributed by atoms with Crippen LogP contribution in [0.4, 0.5) is 5.69 Å². The third-order valence-electron chi connectivity index (χ3n) is 6.34. The first kappa shape index (κ1) is 22.9. The number of hydrogen-bond donors (Lipinski definition) is 0. The molecular formula is C29H26N2O3S. The first-order valence-electron chi connectivity index (χ1n) is 11.5. The van der Waals surface area contributed by atoms with Crippen molar-refractivity contribution in [3.05, 3.63) is 131 Å². The van der Waals surface area contributed by atoms with Crippen molar-refractivity contribution in [3.8, 4) is 0 Å². The number of carbonyl (C=O) groups is 1. The van der Waals surface area contributed by atoms with E-state index in [0.29, 0.717) is 0 Å². The smallest absolute Gasteiger partial charge is 0.268 e. The molecule has 1 fully saturated rings. The van der Waals surface area contributed by atoms with Crippen molar-refractivity contribution in [3.63, 3.8) is 0 Å². The third kappa shape index (κ3) is 4.10. The predicted octanol–water partition coefficient (Wildman–Crippen LogP) is 5.78. The Morgan fingerprint density at radius 3 is 1.71 bits per heavy atom. The van der Waals surface area contributed by atoms with E-state index in [2.05, 4.69) is 0 Å². The maximum Gasteiger partial charge on any atom is 0.268 e. The van der Waals surface area contributed by atoms with Crippen molar-refractivity contribution in [2.75, 3.05) is 4.90 Å². The molecule has 0 radical (unpaired) electrons. The number of para-hydroxylation sites is 1. The fraction of sp³-hybridized carbons (Fsp3) is 0.138. The van der Waals surface area contributed by atoms with E-state index in [1.807, 2.05) is 104 Å². The Kier molecular flexibility index (Phi) is 5.91. The molecule has 5 nitrogen and oxygen atoms in total. The SMILES string of the molecule is Cc1ccc(C2N(c3ccccc3)C(c3ccccc3)C(=O)N2S(=O)(=O)c2ccc(C)cc2)cc1. The van der Waals surface area contributed by atoms with Gasteiger partial charge in [0.1, 0.15) is 12.2 Å². The predicted molar refractivity (Wildman–Crippen MR) is 137 cm³/mol.